The summed E-state index contributed by atoms with van der Waals surface area (Å²) in [4.78, 5) is 37.6. The molecule has 1 N–H and O–H groups in total. The Morgan fingerprint density at radius 3 is 2.65 bits per heavy atom. The molecule has 0 saturated carbocycles. The van der Waals surface area contributed by atoms with Crippen molar-refractivity contribution in [2.24, 2.45) is 0 Å². The molecule has 2 aromatic heterocycles. The number of aromatic nitrogens is 4. The fourth-order valence-electron chi connectivity index (χ4n) is 4.81. The van der Waals surface area contributed by atoms with E-state index in [4.69, 9.17) is 19.4 Å². The van der Waals surface area contributed by atoms with Crippen molar-refractivity contribution in [3.05, 3.63) is 54.2 Å². The molecule has 4 heterocycles. The summed E-state index contributed by atoms with van der Waals surface area (Å²) < 4.78 is 14.0. The van der Waals surface area contributed by atoms with Gasteiger partial charge in [-0.3, -0.25) is 0 Å². The van der Waals surface area contributed by atoms with E-state index in [0.29, 0.717) is 49.8 Å². The first kappa shape index (κ1) is 28.1. The Morgan fingerprint density at radius 1 is 1.18 bits per heavy atom. The minimum absolute atomic E-state index is 0.118. The van der Waals surface area contributed by atoms with Crippen molar-refractivity contribution >= 4 is 44.0 Å². The average molecular weight is 610 g/mol. The SMILES string of the molecule is C=CC(=O)N1CCN(C(=O)Oc2cccc(C[AsH]c3nc(NC4CCOCC4)nc4c(C(C)C)cnn34)c2)CC1. The van der Waals surface area contributed by atoms with Gasteiger partial charge in [-0.15, -0.1) is 0 Å². The first-order chi connectivity index (χ1) is 19.4. The molecule has 11 nitrogen and oxygen atoms in total. The zero-order valence-electron chi connectivity index (χ0n) is 23.0. The zero-order chi connectivity index (χ0) is 28.1. The van der Waals surface area contributed by atoms with Gasteiger partial charge < -0.3 is 0 Å². The van der Waals surface area contributed by atoms with E-state index in [-0.39, 0.29) is 5.91 Å². The first-order valence-corrected chi connectivity index (χ1v) is 16.3. The normalized spacial score (nSPS) is 16.7. The number of nitrogens with one attached hydrogen (secondary N) is 1. The molecular formula is C28H36AsN7O4. The number of ether oxygens (including phenoxy) is 2. The van der Waals surface area contributed by atoms with Gasteiger partial charge in [-0.25, -0.2) is 0 Å². The van der Waals surface area contributed by atoms with Crippen LogP contribution >= 0.6 is 0 Å². The van der Waals surface area contributed by atoms with Crippen LogP contribution in [0, 0.1) is 0 Å². The Bertz CT molecular complexity index is 1360. The second-order valence-corrected chi connectivity index (χ2v) is 12.7. The summed E-state index contributed by atoms with van der Waals surface area (Å²) >= 11 is -0.739. The molecule has 2 saturated heterocycles. The maximum atomic E-state index is 12.8. The van der Waals surface area contributed by atoms with Crippen molar-refractivity contribution in [2.75, 3.05) is 44.7 Å². The minimum atomic E-state index is -0.739. The third-order valence-corrected chi connectivity index (χ3v) is 9.72. The number of amides is 2. The fraction of sp³-hybridized carbons (Fsp3) is 0.464. The number of piperazine rings is 1. The number of nitrogens with zero attached hydrogens (tertiary/aromatic N) is 6. The standard InChI is InChI=1S/C28H36AsN7O4/c1-4-24(37)34-10-12-35(13-11-34)28(38)40-22-7-5-6-20(16-22)17-29-26-33-27(31-21-8-14-39-15-9-21)32-25-23(19(2)3)18-30-36(25)26/h4-7,16,18-19,21,29H,1,8-15,17H2,2-3H3,(H,31,32). The molecule has 2 aliphatic heterocycles. The third-order valence-electron chi connectivity index (χ3n) is 7.15. The van der Waals surface area contributed by atoms with Gasteiger partial charge in [0.15, 0.2) is 0 Å². The van der Waals surface area contributed by atoms with Gasteiger partial charge in [-0.1, -0.05) is 6.58 Å². The van der Waals surface area contributed by atoms with Crippen LogP contribution in [0.4, 0.5) is 10.7 Å². The number of carbonyl (C=O) groups excluding carboxylic acids is 2. The van der Waals surface area contributed by atoms with Crippen LogP contribution in [0.2, 0.25) is 0 Å². The molecule has 0 bridgehead atoms. The molecule has 2 aliphatic rings. The molecule has 212 valence electrons. The Hall–Kier alpha value is -3.43. The molecule has 40 heavy (non-hydrogen) atoms. The molecule has 2 amide bonds. The van der Waals surface area contributed by atoms with Crippen LogP contribution < -0.4 is 14.7 Å². The van der Waals surface area contributed by atoms with Crippen molar-refractivity contribution < 1.29 is 19.1 Å². The van der Waals surface area contributed by atoms with Crippen LogP contribution in [0.15, 0.2) is 43.1 Å². The number of anilines is 1. The number of fused-ring (bicyclic) bond motifs is 1. The number of carbonyl (C=O) groups is 2. The summed E-state index contributed by atoms with van der Waals surface area (Å²) in [7, 11) is 0. The molecule has 1 unspecified atom stereocenters. The number of benzene rings is 1. The van der Waals surface area contributed by atoms with E-state index >= 15 is 0 Å². The summed E-state index contributed by atoms with van der Waals surface area (Å²) in [5.41, 5.74) is 3.04. The molecule has 0 radical (unpaired) electrons. The predicted octanol–water partition coefficient (Wildman–Crippen LogP) is 1.93. The van der Waals surface area contributed by atoms with E-state index in [9.17, 15) is 9.59 Å². The van der Waals surface area contributed by atoms with Gasteiger partial charge >= 0.3 is 234 Å². The second kappa shape index (κ2) is 12.8. The van der Waals surface area contributed by atoms with Gasteiger partial charge in [0.2, 0.25) is 0 Å². The molecule has 3 aromatic rings. The molecule has 1 atom stereocenters. The third kappa shape index (κ3) is 6.64. The van der Waals surface area contributed by atoms with Crippen LogP contribution in [-0.2, 0) is 14.7 Å². The Labute approximate surface area is 240 Å². The van der Waals surface area contributed by atoms with Crippen molar-refractivity contribution in [3.63, 3.8) is 0 Å². The van der Waals surface area contributed by atoms with Gasteiger partial charge in [0.05, 0.1) is 0 Å². The zero-order valence-corrected chi connectivity index (χ0v) is 25.1. The monoisotopic (exact) mass is 609 g/mol. The van der Waals surface area contributed by atoms with Crippen molar-refractivity contribution in [3.8, 4) is 5.75 Å². The second-order valence-electron chi connectivity index (χ2n) is 10.3. The molecule has 12 heteroatoms. The summed E-state index contributed by atoms with van der Waals surface area (Å²) in [6.45, 7) is 11.1. The predicted molar refractivity (Wildman–Crippen MR) is 154 cm³/mol. The van der Waals surface area contributed by atoms with E-state index in [1.54, 1.807) is 15.9 Å². The number of hydrogen-bond acceptors (Lipinski definition) is 8. The van der Waals surface area contributed by atoms with E-state index < -0.39 is 21.8 Å². The van der Waals surface area contributed by atoms with E-state index in [0.717, 1.165) is 52.7 Å². The van der Waals surface area contributed by atoms with E-state index in [1.807, 2.05) is 28.9 Å². The quantitative estimate of drug-likeness (QED) is 0.305. The van der Waals surface area contributed by atoms with Gasteiger partial charge in [-0.05, 0) is 0 Å². The van der Waals surface area contributed by atoms with E-state index in [2.05, 4.69) is 30.8 Å². The molecule has 5 rings (SSSR count). The summed E-state index contributed by atoms with van der Waals surface area (Å²) in [6, 6.07) is 7.96. The first-order valence-electron chi connectivity index (χ1n) is 13.7. The molecule has 0 aliphatic carbocycles. The number of rotatable bonds is 8. The maximum absolute atomic E-state index is 12.8. The van der Waals surface area contributed by atoms with Crippen LogP contribution in [0.1, 0.15) is 43.7 Å². The van der Waals surface area contributed by atoms with Crippen molar-refractivity contribution in [1.29, 1.82) is 0 Å². The average Bonchev–Trinajstić information content (AvgIpc) is 3.41. The fourth-order valence-corrected chi connectivity index (χ4v) is 7.08. The molecule has 2 fully saturated rings. The Kier molecular flexibility index (Phi) is 9.01. The van der Waals surface area contributed by atoms with Crippen LogP contribution in [0.25, 0.3) is 5.65 Å². The Morgan fingerprint density at radius 2 is 1.93 bits per heavy atom. The van der Waals surface area contributed by atoms with E-state index in [1.165, 1.54) is 6.08 Å². The van der Waals surface area contributed by atoms with Gasteiger partial charge in [0.25, 0.3) is 0 Å². The van der Waals surface area contributed by atoms with Crippen LogP contribution in [0.3, 0.4) is 0 Å². The van der Waals surface area contributed by atoms with Gasteiger partial charge in [-0.2, -0.15) is 0 Å². The van der Waals surface area contributed by atoms with Crippen LogP contribution in [0.5, 0.6) is 5.75 Å². The topological polar surface area (TPSA) is 114 Å². The van der Waals surface area contributed by atoms with Crippen molar-refractivity contribution in [1.82, 2.24) is 29.4 Å². The van der Waals surface area contributed by atoms with Crippen molar-refractivity contribution in [2.45, 2.75) is 43.9 Å². The summed E-state index contributed by atoms with van der Waals surface area (Å²) in [6.07, 6.45) is 4.66. The molecule has 1 aromatic carbocycles. The Balaban J connectivity index is 1.26. The van der Waals surface area contributed by atoms with Gasteiger partial charge in [0, 0.05) is 0 Å². The number of hydrogen-bond donors (Lipinski definition) is 1. The van der Waals surface area contributed by atoms with Crippen LogP contribution in [-0.4, -0.2) is 103 Å². The summed E-state index contributed by atoms with van der Waals surface area (Å²) in [5, 5.41) is 8.98. The molecule has 0 spiro atoms. The summed E-state index contributed by atoms with van der Waals surface area (Å²) in [5.74, 6) is 1.34. The molecular weight excluding hydrogens is 573 g/mol. The van der Waals surface area contributed by atoms with Gasteiger partial charge in [0.1, 0.15) is 0 Å².